The smallest absolute Gasteiger partial charge is 0.407 e. The van der Waals surface area contributed by atoms with E-state index >= 15 is 0 Å². The molecule has 0 unspecified atom stereocenters. The quantitative estimate of drug-likeness (QED) is 0.709. The van der Waals surface area contributed by atoms with Crippen molar-refractivity contribution in [3.05, 3.63) is 0 Å². The molecule has 1 aliphatic carbocycles. The van der Waals surface area contributed by atoms with Gasteiger partial charge in [0.25, 0.3) is 0 Å². The van der Waals surface area contributed by atoms with Crippen LogP contribution in [0.25, 0.3) is 0 Å². The SMILES string of the molecule is CC(C)(C)OC(=O)NC1CCC(C2(O)CNC2)CC1. The van der Waals surface area contributed by atoms with Gasteiger partial charge in [-0.2, -0.15) is 0 Å². The zero-order valence-electron chi connectivity index (χ0n) is 12.2. The summed E-state index contributed by atoms with van der Waals surface area (Å²) < 4.78 is 5.26. The van der Waals surface area contributed by atoms with Gasteiger partial charge in [0.15, 0.2) is 0 Å². The molecule has 1 saturated heterocycles. The van der Waals surface area contributed by atoms with Crippen molar-refractivity contribution in [2.75, 3.05) is 13.1 Å². The van der Waals surface area contributed by atoms with Gasteiger partial charge < -0.3 is 20.5 Å². The number of carbonyl (C=O) groups is 1. The molecule has 2 aliphatic rings. The molecule has 0 aromatic rings. The molecule has 19 heavy (non-hydrogen) atoms. The largest absolute Gasteiger partial charge is 0.444 e. The van der Waals surface area contributed by atoms with Gasteiger partial charge in [0.1, 0.15) is 5.60 Å². The van der Waals surface area contributed by atoms with E-state index in [-0.39, 0.29) is 12.1 Å². The lowest BCUT2D eigenvalue weighted by Crippen LogP contribution is -2.64. The first-order chi connectivity index (χ1) is 8.78. The Morgan fingerprint density at radius 1 is 1.26 bits per heavy atom. The summed E-state index contributed by atoms with van der Waals surface area (Å²) in [5.74, 6) is 0.366. The molecule has 1 heterocycles. The standard InChI is InChI=1S/C14H26N2O3/c1-13(2,3)19-12(17)16-11-6-4-10(5-7-11)14(18)8-15-9-14/h10-11,15,18H,4-9H2,1-3H3,(H,16,17). The molecule has 0 aromatic heterocycles. The maximum atomic E-state index is 11.7. The lowest BCUT2D eigenvalue weighted by Gasteiger charge is -2.46. The van der Waals surface area contributed by atoms with Crippen molar-refractivity contribution >= 4 is 6.09 Å². The van der Waals surface area contributed by atoms with Gasteiger partial charge in [-0.25, -0.2) is 4.79 Å². The van der Waals surface area contributed by atoms with Crippen LogP contribution in [0, 0.1) is 5.92 Å². The Bertz CT molecular complexity index is 326. The number of amides is 1. The minimum atomic E-state index is -0.503. The highest BCUT2D eigenvalue weighted by atomic mass is 16.6. The molecule has 0 radical (unpaired) electrons. The molecule has 0 bridgehead atoms. The minimum absolute atomic E-state index is 0.183. The van der Waals surface area contributed by atoms with Gasteiger partial charge in [-0.15, -0.1) is 0 Å². The first-order valence-electron chi connectivity index (χ1n) is 7.21. The Kier molecular flexibility index (Phi) is 4.06. The van der Waals surface area contributed by atoms with Crippen LogP contribution in [0.2, 0.25) is 0 Å². The molecule has 0 spiro atoms. The Morgan fingerprint density at radius 2 is 1.84 bits per heavy atom. The van der Waals surface area contributed by atoms with Crippen molar-refractivity contribution in [2.45, 2.75) is 63.7 Å². The highest BCUT2D eigenvalue weighted by Gasteiger charge is 2.43. The molecule has 3 N–H and O–H groups in total. The van der Waals surface area contributed by atoms with Crippen LogP contribution >= 0.6 is 0 Å². The molecular weight excluding hydrogens is 244 g/mol. The number of alkyl carbamates (subject to hydrolysis) is 1. The van der Waals surface area contributed by atoms with Gasteiger partial charge >= 0.3 is 6.09 Å². The number of rotatable bonds is 2. The third-order valence-electron chi connectivity index (χ3n) is 4.07. The van der Waals surface area contributed by atoms with E-state index in [9.17, 15) is 9.90 Å². The fourth-order valence-corrected chi connectivity index (χ4v) is 2.92. The first kappa shape index (κ1) is 14.6. The Hall–Kier alpha value is -0.810. The fraction of sp³-hybridized carbons (Fsp3) is 0.929. The number of aliphatic hydroxyl groups is 1. The van der Waals surface area contributed by atoms with Crippen molar-refractivity contribution < 1.29 is 14.6 Å². The van der Waals surface area contributed by atoms with Crippen LogP contribution in [0.4, 0.5) is 4.79 Å². The number of carbonyl (C=O) groups excluding carboxylic acids is 1. The van der Waals surface area contributed by atoms with Gasteiger partial charge in [0.05, 0.1) is 5.60 Å². The molecule has 2 rings (SSSR count). The molecule has 1 aliphatic heterocycles. The summed E-state index contributed by atoms with van der Waals surface area (Å²) >= 11 is 0. The number of hydrogen-bond donors (Lipinski definition) is 3. The van der Waals surface area contributed by atoms with Crippen LogP contribution in [0.5, 0.6) is 0 Å². The summed E-state index contributed by atoms with van der Waals surface area (Å²) in [5.41, 5.74) is -0.953. The van der Waals surface area contributed by atoms with E-state index in [1.54, 1.807) is 0 Å². The molecule has 0 aromatic carbocycles. The third-order valence-corrected chi connectivity index (χ3v) is 4.07. The maximum Gasteiger partial charge on any atom is 0.407 e. The average molecular weight is 270 g/mol. The second kappa shape index (κ2) is 5.29. The summed E-state index contributed by atoms with van der Waals surface area (Å²) in [5, 5.41) is 16.3. The summed E-state index contributed by atoms with van der Waals surface area (Å²) in [6.07, 6.45) is 3.45. The number of nitrogens with one attached hydrogen (secondary N) is 2. The number of β-amino-alcohol motifs (C(OH)–C–C–N with tert-alkyl or cyclic N) is 1. The molecule has 1 saturated carbocycles. The zero-order valence-corrected chi connectivity index (χ0v) is 12.2. The highest BCUT2D eigenvalue weighted by molar-refractivity contribution is 5.68. The van der Waals surface area contributed by atoms with E-state index < -0.39 is 11.2 Å². The van der Waals surface area contributed by atoms with Crippen LogP contribution in [0.15, 0.2) is 0 Å². The summed E-state index contributed by atoms with van der Waals surface area (Å²) in [7, 11) is 0. The summed E-state index contributed by atoms with van der Waals surface area (Å²) in [4.78, 5) is 11.7. The van der Waals surface area contributed by atoms with Crippen LogP contribution in [0.1, 0.15) is 46.5 Å². The number of ether oxygens (including phenoxy) is 1. The van der Waals surface area contributed by atoms with Gasteiger partial charge in [-0.05, 0) is 52.4 Å². The Labute approximate surface area is 115 Å². The molecule has 2 fully saturated rings. The maximum absolute atomic E-state index is 11.7. The molecule has 5 nitrogen and oxygen atoms in total. The molecule has 110 valence electrons. The monoisotopic (exact) mass is 270 g/mol. The zero-order chi connectivity index (χ0) is 14.1. The van der Waals surface area contributed by atoms with Crippen molar-refractivity contribution in [1.82, 2.24) is 10.6 Å². The second-order valence-electron chi connectivity index (χ2n) is 6.90. The predicted molar refractivity (Wildman–Crippen MR) is 72.9 cm³/mol. The summed E-state index contributed by atoms with van der Waals surface area (Å²) in [6, 6.07) is 0.183. The Balaban J connectivity index is 1.73. The van der Waals surface area contributed by atoms with Crippen LogP contribution in [-0.2, 0) is 4.74 Å². The van der Waals surface area contributed by atoms with Gasteiger partial charge in [0.2, 0.25) is 0 Å². The fourth-order valence-electron chi connectivity index (χ4n) is 2.92. The van der Waals surface area contributed by atoms with Crippen LogP contribution in [-0.4, -0.2) is 41.5 Å². The summed E-state index contributed by atoms with van der Waals surface area (Å²) in [6.45, 7) is 7.01. The Morgan fingerprint density at radius 3 is 2.26 bits per heavy atom. The predicted octanol–water partition coefficient (Wildman–Crippen LogP) is 1.40. The van der Waals surface area contributed by atoms with Crippen molar-refractivity contribution in [2.24, 2.45) is 5.92 Å². The molecular formula is C14H26N2O3. The topological polar surface area (TPSA) is 70.6 Å². The van der Waals surface area contributed by atoms with E-state index in [0.29, 0.717) is 19.0 Å². The van der Waals surface area contributed by atoms with Crippen molar-refractivity contribution in [3.8, 4) is 0 Å². The minimum Gasteiger partial charge on any atom is -0.444 e. The lowest BCUT2D eigenvalue weighted by atomic mass is 9.72. The van der Waals surface area contributed by atoms with Gasteiger partial charge in [-0.3, -0.25) is 0 Å². The van der Waals surface area contributed by atoms with E-state index in [1.165, 1.54) is 0 Å². The van der Waals surface area contributed by atoms with E-state index in [0.717, 1.165) is 25.7 Å². The number of hydrogen-bond acceptors (Lipinski definition) is 4. The van der Waals surface area contributed by atoms with E-state index in [1.807, 2.05) is 20.8 Å². The molecule has 5 heteroatoms. The normalized spacial score (nSPS) is 30.3. The van der Waals surface area contributed by atoms with Crippen molar-refractivity contribution in [3.63, 3.8) is 0 Å². The second-order valence-corrected chi connectivity index (χ2v) is 6.90. The van der Waals surface area contributed by atoms with Crippen molar-refractivity contribution in [1.29, 1.82) is 0 Å². The van der Waals surface area contributed by atoms with Gasteiger partial charge in [-0.1, -0.05) is 0 Å². The van der Waals surface area contributed by atoms with Crippen LogP contribution < -0.4 is 10.6 Å². The van der Waals surface area contributed by atoms with E-state index in [4.69, 9.17) is 4.74 Å². The lowest BCUT2D eigenvalue weighted by molar-refractivity contribution is -0.0748. The molecule has 0 atom stereocenters. The first-order valence-corrected chi connectivity index (χ1v) is 7.21. The van der Waals surface area contributed by atoms with E-state index in [2.05, 4.69) is 10.6 Å². The highest BCUT2D eigenvalue weighted by Crippen LogP contribution is 2.35. The average Bonchev–Trinajstić information content (AvgIpc) is 2.24. The van der Waals surface area contributed by atoms with Gasteiger partial charge in [0, 0.05) is 19.1 Å². The molecule has 1 amide bonds. The third kappa shape index (κ3) is 3.83. The van der Waals surface area contributed by atoms with Crippen LogP contribution in [0.3, 0.4) is 0 Å².